The van der Waals surface area contributed by atoms with Gasteiger partial charge < -0.3 is 34.6 Å². The van der Waals surface area contributed by atoms with Crippen molar-refractivity contribution in [3.63, 3.8) is 0 Å². The normalized spacial score (nSPS) is 21.1. The predicted octanol–water partition coefficient (Wildman–Crippen LogP) is 4.85. The number of piperazine rings is 1. The second-order valence-corrected chi connectivity index (χ2v) is 17.7. The average Bonchev–Trinajstić information content (AvgIpc) is 3.83. The van der Waals surface area contributed by atoms with Crippen molar-refractivity contribution in [2.45, 2.75) is 82.2 Å². The van der Waals surface area contributed by atoms with Gasteiger partial charge in [0.2, 0.25) is 23.7 Å². The zero-order valence-electron chi connectivity index (χ0n) is 36.9. The molecule has 4 amide bonds. The number of anilines is 6. The standard InChI is InChI=1S/C46H58F2N10O6/c1-53(36-13-14-40(60)51-43(36)62)33-9-6-10-34(27-33)56-23-21-55(22-24-56)18-17-41(61)57-19-15-30(16-20-57)25-38(59)31-11-12-35(39(26-31)64-3)50-45-49-28-37-42(52-45)58(32-7-4-5-8-32)29-46(47,48)44(63)54(37)2/h6,9-12,26-28,30,32,36H,4-5,7-8,13-25,29H2,1-3H3,(H,49,50,52)(H,51,60,62). The Balaban J connectivity index is 0.794. The molecule has 64 heavy (non-hydrogen) atoms. The van der Waals surface area contributed by atoms with Gasteiger partial charge in [0.05, 0.1) is 25.5 Å². The fourth-order valence-corrected chi connectivity index (χ4v) is 9.74. The first-order valence-electron chi connectivity index (χ1n) is 22.5. The van der Waals surface area contributed by atoms with E-state index >= 15 is 8.78 Å². The molecule has 5 heterocycles. The molecule has 0 radical (unpaired) electrons. The van der Waals surface area contributed by atoms with E-state index in [1.54, 1.807) is 23.1 Å². The third-order valence-electron chi connectivity index (χ3n) is 13.6. The van der Waals surface area contributed by atoms with Gasteiger partial charge in [-0.1, -0.05) is 18.9 Å². The summed E-state index contributed by atoms with van der Waals surface area (Å²) in [6.07, 6.45) is 7.77. The first-order chi connectivity index (χ1) is 30.8. The largest absolute Gasteiger partial charge is 0.495 e. The molecule has 1 saturated carbocycles. The van der Waals surface area contributed by atoms with Crippen LogP contribution in [-0.2, 0) is 19.2 Å². The number of Topliss-reactive ketones (excluding diaryl/α,β-unsaturated/α-hetero) is 1. The summed E-state index contributed by atoms with van der Waals surface area (Å²) in [7, 11) is 4.70. The Bertz CT molecular complexity index is 2240. The zero-order valence-corrected chi connectivity index (χ0v) is 36.9. The number of likely N-dealkylation sites (tertiary alicyclic amines) is 1. The summed E-state index contributed by atoms with van der Waals surface area (Å²) in [5, 5.41) is 5.57. The molecule has 16 nitrogen and oxygen atoms in total. The lowest BCUT2D eigenvalue weighted by Gasteiger charge is -2.37. The number of amides is 4. The number of aromatic nitrogens is 2. The van der Waals surface area contributed by atoms with Crippen LogP contribution in [0.2, 0.25) is 0 Å². The first kappa shape index (κ1) is 44.7. The van der Waals surface area contributed by atoms with Gasteiger partial charge in [0, 0.05) is 102 Å². The fourth-order valence-electron chi connectivity index (χ4n) is 9.74. The van der Waals surface area contributed by atoms with Crippen LogP contribution in [0.4, 0.5) is 43.3 Å². The van der Waals surface area contributed by atoms with Crippen LogP contribution >= 0.6 is 0 Å². The zero-order chi connectivity index (χ0) is 45.1. The van der Waals surface area contributed by atoms with Gasteiger partial charge in [0.1, 0.15) is 17.5 Å². The summed E-state index contributed by atoms with van der Waals surface area (Å²) >= 11 is 0. The SMILES string of the molecule is COc1cc(C(=O)CC2CCN(C(=O)CCN3CCN(c4cccc(N(C)C5CCC(=O)NC5=O)c4)CC3)CC2)ccc1Nc1ncc2c(n1)N(C1CCCC1)CC(F)(F)C(=O)N2C. The van der Waals surface area contributed by atoms with Crippen molar-refractivity contribution < 1.29 is 37.5 Å². The number of alkyl halides is 2. The number of carbonyl (C=O) groups excluding carboxylic acids is 5. The van der Waals surface area contributed by atoms with Crippen molar-refractivity contribution in [2.75, 3.05) is 98.5 Å². The van der Waals surface area contributed by atoms with Crippen LogP contribution in [0.5, 0.6) is 5.75 Å². The monoisotopic (exact) mass is 884 g/mol. The Morgan fingerprint density at radius 1 is 0.969 bits per heavy atom. The van der Waals surface area contributed by atoms with Crippen molar-refractivity contribution in [1.29, 1.82) is 0 Å². The topological polar surface area (TPSA) is 164 Å². The number of methoxy groups -OCH3 is 1. The number of benzene rings is 2. The molecule has 1 unspecified atom stereocenters. The second kappa shape index (κ2) is 19.1. The number of imide groups is 1. The number of carbonyl (C=O) groups is 5. The number of hydrogen-bond donors (Lipinski definition) is 2. The number of rotatable bonds is 13. The molecule has 18 heteroatoms. The molecule has 2 aromatic carbocycles. The summed E-state index contributed by atoms with van der Waals surface area (Å²) in [5.41, 5.74) is 3.20. The van der Waals surface area contributed by atoms with E-state index in [4.69, 9.17) is 4.74 Å². The summed E-state index contributed by atoms with van der Waals surface area (Å²) in [5.74, 6) is -4.31. The lowest BCUT2D eigenvalue weighted by Crippen LogP contribution is -2.51. The molecule has 2 N–H and O–H groups in total. The molecule has 1 aliphatic carbocycles. The summed E-state index contributed by atoms with van der Waals surface area (Å²) < 4.78 is 35.8. The minimum Gasteiger partial charge on any atom is -0.495 e. The van der Waals surface area contributed by atoms with Crippen molar-refractivity contribution in [3.05, 3.63) is 54.2 Å². The van der Waals surface area contributed by atoms with Crippen molar-refractivity contribution in [1.82, 2.24) is 25.1 Å². The molecule has 4 fully saturated rings. The molecule has 8 rings (SSSR count). The Labute approximate surface area is 372 Å². The maximum absolute atomic E-state index is 15.1. The van der Waals surface area contributed by atoms with Gasteiger partial charge in [-0.05, 0) is 74.4 Å². The van der Waals surface area contributed by atoms with Crippen molar-refractivity contribution in [3.8, 4) is 5.75 Å². The molecular weight excluding hydrogens is 827 g/mol. The summed E-state index contributed by atoms with van der Waals surface area (Å²) in [6.45, 7) is 4.46. The van der Waals surface area contributed by atoms with Crippen molar-refractivity contribution in [2.24, 2.45) is 5.92 Å². The van der Waals surface area contributed by atoms with Crippen LogP contribution in [0.3, 0.4) is 0 Å². The third-order valence-corrected chi connectivity index (χ3v) is 13.6. The fraction of sp³-hybridized carbons (Fsp3) is 0.543. The Hall–Kier alpha value is -5.91. The molecular formula is C46H58F2N10O6. The maximum Gasteiger partial charge on any atom is 0.342 e. The number of halogens is 2. The quantitative estimate of drug-likeness (QED) is 0.177. The minimum atomic E-state index is -3.58. The van der Waals surface area contributed by atoms with E-state index in [-0.39, 0.29) is 59.0 Å². The van der Waals surface area contributed by atoms with E-state index in [1.165, 1.54) is 20.4 Å². The van der Waals surface area contributed by atoms with E-state index in [2.05, 4.69) is 42.5 Å². The summed E-state index contributed by atoms with van der Waals surface area (Å²) in [6, 6.07) is 12.7. The van der Waals surface area contributed by atoms with Crippen LogP contribution in [0.15, 0.2) is 48.7 Å². The van der Waals surface area contributed by atoms with E-state index < -0.39 is 18.4 Å². The Morgan fingerprint density at radius 2 is 1.72 bits per heavy atom. The second-order valence-electron chi connectivity index (χ2n) is 17.7. The van der Waals surface area contributed by atoms with Gasteiger partial charge in [0.15, 0.2) is 11.6 Å². The molecule has 0 bridgehead atoms. The first-order valence-corrected chi connectivity index (χ1v) is 22.5. The summed E-state index contributed by atoms with van der Waals surface area (Å²) in [4.78, 5) is 83.6. The van der Waals surface area contributed by atoms with E-state index in [0.29, 0.717) is 62.3 Å². The van der Waals surface area contributed by atoms with E-state index in [1.807, 2.05) is 29.0 Å². The highest BCUT2D eigenvalue weighted by atomic mass is 19.3. The number of hydrogen-bond acceptors (Lipinski definition) is 13. The smallest absolute Gasteiger partial charge is 0.342 e. The van der Waals surface area contributed by atoms with Crippen LogP contribution in [0.1, 0.15) is 74.6 Å². The number of nitrogens with one attached hydrogen (secondary N) is 2. The lowest BCUT2D eigenvalue weighted by molar-refractivity contribution is -0.140. The number of fused-ring (bicyclic) bond motifs is 1. The van der Waals surface area contributed by atoms with Crippen LogP contribution in [-0.4, -0.2) is 141 Å². The van der Waals surface area contributed by atoms with Crippen LogP contribution in [0, 0.1) is 5.92 Å². The number of ketones is 1. The van der Waals surface area contributed by atoms with Gasteiger partial charge in [-0.3, -0.25) is 34.2 Å². The van der Waals surface area contributed by atoms with E-state index in [0.717, 1.165) is 81.0 Å². The molecule has 3 aromatic rings. The van der Waals surface area contributed by atoms with Crippen LogP contribution in [0.25, 0.3) is 0 Å². The lowest BCUT2D eigenvalue weighted by atomic mass is 9.89. The molecule has 342 valence electrons. The van der Waals surface area contributed by atoms with E-state index in [9.17, 15) is 24.0 Å². The predicted molar refractivity (Wildman–Crippen MR) is 239 cm³/mol. The van der Waals surface area contributed by atoms with Crippen molar-refractivity contribution >= 4 is 63.9 Å². The Morgan fingerprint density at radius 3 is 2.44 bits per heavy atom. The third kappa shape index (κ3) is 9.76. The molecule has 4 aliphatic heterocycles. The number of nitrogens with zero attached hydrogens (tertiary/aromatic N) is 8. The average molecular weight is 885 g/mol. The van der Waals surface area contributed by atoms with Gasteiger partial charge in [-0.2, -0.15) is 13.8 Å². The highest BCUT2D eigenvalue weighted by Crippen LogP contribution is 2.40. The highest BCUT2D eigenvalue weighted by Gasteiger charge is 2.49. The van der Waals surface area contributed by atoms with Gasteiger partial charge in [-0.25, -0.2) is 4.98 Å². The molecule has 5 aliphatic rings. The highest BCUT2D eigenvalue weighted by molar-refractivity contribution is 6.03. The number of likely N-dealkylation sites (N-methyl/N-ethyl adjacent to an activating group) is 1. The number of ether oxygens (including phenoxy) is 1. The number of piperidine rings is 2. The minimum absolute atomic E-state index is 0.0241. The molecule has 0 spiro atoms. The van der Waals surface area contributed by atoms with Gasteiger partial charge in [0.25, 0.3) is 5.91 Å². The Kier molecular flexibility index (Phi) is 13.3. The molecule has 1 aromatic heterocycles. The molecule has 1 atom stereocenters. The van der Waals surface area contributed by atoms with Gasteiger partial charge in [-0.15, -0.1) is 0 Å². The molecule has 3 saturated heterocycles. The maximum atomic E-state index is 15.1. The van der Waals surface area contributed by atoms with Crippen LogP contribution < -0.4 is 35.0 Å². The van der Waals surface area contributed by atoms with Gasteiger partial charge >= 0.3 is 5.92 Å².